The third-order valence-electron chi connectivity index (χ3n) is 4.42. The summed E-state index contributed by atoms with van der Waals surface area (Å²) < 4.78 is 11.8. The number of hydrogen-bond donors (Lipinski definition) is 1. The molecule has 0 saturated carbocycles. The van der Waals surface area contributed by atoms with Crippen LogP contribution < -0.4 is 5.32 Å². The van der Waals surface area contributed by atoms with Gasteiger partial charge in [-0.1, -0.05) is 18.2 Å². The van der Waals surface area contributed by atoms with Gasteiger partial charge < -0.3 is 14.5 Å². The van der Waals surface area contributed by atoms with Crippen LogP contribution in [-0.2, 0) is 20.9 Å². The third kappa shape index (κ3) is 4.42. The van der Waals surface area contributed by atoms with E-state index in [9.17, 15) is 19.7 Å². The summed E-state index contributed by atoms with van der Waals surface area (Å²) in [6.45, 7) is 3.93. The molecule has 0 fully saturated rings. The highest BCUT2D eigenvalue weighted by Gasteiger charge is 2.23. The van der Waals surface area contributed by atoms with Crippen molar-refractivity contribution in [2.75, 3.05) is 6.61 Å². The number of carbonyl (C=O) groups excluding carboxylic acids is 2. The van der Waals surface area contributed by atoms with E-state index in [1.54, 1.807) is 6.92 Å². The van der Waals surface area contributed by atoms with Gasteiger partial charge in [-0.3, -0.25) is 24.4 Å². The second-order valence-corrected chi connectivity index (χ2v) is 6.57. The van der Waals surface area contributed by atoms with Crippen molar-refractivity contribution < 1.29 is 23.7 Å². The van der Waals surface area contributed by atoms with E-state index >= 15 is 0 Å². The maximum Gasteiger partial charge on any atom is 0.328 e. The maximum atomic E-state index is 12.1. The van der Waals surface area contributed by atoms with Crippen LogP contribution in [0, 0.1) is 24.0 Å². The predicted octanol–water partition coefficient (Wildman–Crippen LogP) is 2.57. The first-order valence-electron chi connectivity index (χ1n) is 8.88. The van der Waals surface area contributed by atoms with Gasteiger partial charge in [-0.15, -0.1) is 0 Å². The third-order valence-corrected chi connectivity index (χ3v) is 4.42. The van der Waals surface area contributed by atoms with E-state index < -0.39 is 29.4 Å². The first-order valence-corrected chi connectivity index (χ1v) is 8.88. The molecule has 29 heavy (non-hydrogen) atoms. The summed E-state index contributed by atoms with van der Waals surface area (Å²) in [4.78, 5) is 34.5. The minimum atomic E-state index is -0.725. The smallest absolute Gasteiger partial charge is 0.328 e. The van der Waals surface area contributed by atoms with Crippen molar-refractivity contribution in [3.8, 4) is 0 Å². The summed E-state index contributed by atoms with van der Waals surface area (Å²) in [6.07, 6.45) is 0. The number of furan rings is 1. The van der Waals surface area contributed by atoms with E-state index in [4.69, 9.17) is 9.15 Å². The van der Waals surface area contributed by atoms with Crippen LogP contribution in [0.2, 0.25) is 0 Å². The molecule has 1 N–H and O–H groups in total. The Morgan fingerprint density at radius 1 is 1.34 bits per heavy atom. The zero-order valence-electron chi connectivity index (χ0n) is 16.2. The highest BCUT2D eigenvalue weighted by molar-refractivity contribution is 5.81. The lowest BCUT2D eigenvalue weighted by Gasteiger charge is -2.11. The second kappa shape index (κ2) is 8.13. The zero-order chi connectivity index (χ0) is 21.1. The van der Waals surface area contributed by atoms with Gasteiger partial charge in [0.25, 0.3) is 5.91 Å². The number of fused-ring (bicyclic) bond motifs is 1. The quantitative estimate of drug-likeness (QED) is 0.366. The van der Waals surface area contributed by atoms with E-state index in [1.165, 1.54) is 18.5 Å². The Labute approximate surface area is 165 Å². The van der Waals surface area contributed by atoms with Crippen LogP contribution in [0.4, 0.5) is 5.69 Å². The summed E-state index contributed by atoms with van der Waals surface area (Å²) in [5, 5.41) is 18.6. The Bertz CT molecular complexity index is 1050. The molecule has 2 aromatic heterocycles. The van der Waals surface area contributed by atoms with Crippen molar-refractivity contribution in [3.05, 3.63) is 57.6 Å². The van der Waals surface area contributed by atoms with E-state index in [0.717, 1.165) is 5.39 Å². The summed E-state index contributed by atoms with van der Waals surface area (Å²) in [5.74, 6) is -0.636. The lowest BCUT2D eigenvalue weighted by molar-refractivity contribution is -0.386. The molecule has 0 aliphatic rings. The fraction of sp³-hybridized carbons (Fsp3) is 0.316. The van der Waals surface area contributed by atoms with E-state index in [-0.39, 0.29) is 23.6 Å². The van der Waals surface area contributed by atoms with Gasteiger partial charge in [0.15, 0.2) is 6.61 Å². The SMILES string of the molecule is Cc1nn(CC(=O)OCC(=O)N[C@@H](C)c2cc3ccccc3o2)c(C)c1[N+](=O)[O-]. The van der Waals surface area contributed by atoms with Gasteiger partial charge in [-0.05, 0) is 32.9 Å². The lowest BCUT2D eigenvalue weighted by atomic mass is 10.2. The Balaban J connectivity index is 1.53. The first-order chi connectivity index (χ1) is 13.8. The summed E-state index contributed by atoms with van der Waals surface area (Å²) in [5.41, 5.74) is 1.02. The molecule has 1 atom stereocenters. The zero-order valence-corrected chi connectivity index (χ0v) is 16.2. The Morgan fingerprint density at radius 2 is 2.07 bits per heavy atom. The topological polar surface area (TPSA) is 130 Å². The van der Waals surface area contributed by atoms with Gasteiger partial charge in [0.1, 0.15) is 29.3 Å². The number of nitrogens with one attached hydrogen (secondary N) is 1. The Hall–Kier alpha value is -3.69. The minimum Gasteiger partial charge on any atom is -0.459 e. The minimum absolute atomic E-state index is 0.143. The van der Waals surface area contributed by atoms with Gasteiger partial charge in [-0.2, -0.15) is 5.10 Å². The molecular weight excluding hydrogens is 380 g/mol. The average molecular weight is 400 g/mol. The molecule has 152 valence electrons. The van der Waals surface area contributed by atoms with Crippen LogP contribution in [0.5, 0.6) is 0 Å². The molecule has 0 unspecified atom stereocenters. The number of ether oxygens (including phenoxy) is 1. The maximum absolute atomic E-state index is 12.1. The number of esters is 1. The van der Waals surface area contributed by atoms with Crippen LogP contribution in [0.3, 0.4) is 0 Å². The number of aromatic nitrogens is 2. The number of amides is 1. The monoisotopic (exact) mass is 400 g/mol. The number of aryl methyl sites for hydroxylation is 1. The molecular formula is C19H20N4O6. The summed E-state index contributed by atoms with van der Waals surface area (Å²) in [7, 11) is 0. The molecule has 1 amide bonds. The molecule has 10 nitrogen and oxygen atoms in total. The van der Waals surface area contributed by atoms with Gasteiger partial charge >= 0.3 is 11.7 Å². The number of para-hydroxylation sites is 1. The van der Waals surface area contributed by atoms with E-state index in [0.29, 0.717) is 11.3 Å². The molecule has 0 saturated heterocycles. The standard InChI is InChI=1S/C19H20N4O6/c1-11(16-8-14-6-4-5-7-15(14)29-16)20-17(24)10-28-18(25)9-22-13(3)19(23(26)27)12(2)21-22/h4-8,11H,9-10H2,1-3H3,(H,20,24)/t11-/m0/s1. The molecule has 0 bridgehead atoms. The normalized spacial score (nSPS) is 12.0. The van der Waals surface area contributed by atoms with Crippen molar-refractivity contribution in [1.82, 2.24) is 15.1 Å². The molecule has 0 radical (unpaired) electrons. The fourth-order valence-electron chi connectivity index (χ4n) is 2.99. The summed E-state index contributed by atoms with van der Waals surface area (Å²) in [6, 6.07) is 8.91. The first kappa shape index (κ1) is 20.1. The lowest BCUT2D eigenvalue weighted by Crippen LogP contribution is -2.31. The largest absolute Gasteiger partial charge is 0.459 e. The van der Waals surface area contributed by atoms with Gasteiger partial charge in [0, 0.05) is 5.39 Å². The molecule has 0 aliphatic carbocycles. The van der Waals surface area contributed by atoms with Gasteiger partial charge in [0.2, 0.25) is 0 Å². The van der Waals surface area contributed by atoms with E-state index in [2.05, 4.69) is 10.4 Å². The molecule has 1 aromatic carbocycles. The van der Waals surface area contributed by atoms with Crippen LogP contribution in [-0.4, -0.2) is 33.2 Å². The molecule has 3 aromatic rings. The van der Waals surface area contributed by atoms with Crippen molar-refractivity contribution in [1.29, 1.82) is 0 Å². The molecule has 0 aliphatic heterocycles. The Morgan fingerprint density at radius 3 is 2.72 bits per heavy atom. The fourth-order valence-corrected chi connectivity index (χ4v) is 2.99. The second-order valence-electron chi connectivity index (χ2n) is 6.57. The number of nitrogens with zero attached hydrogens (tertiary/aromatic N) is 3. The molecule has 10 heteroatoms. The van der Waals surface area contributed by atoms with Crippen molar-refractivity contribution in [2.45, 2.75) is 33.4 Å². The number of benzene rings is 1. The van der Waals surface area contributed by atoms with Crippen LogP contribution in [0.15, 0.2) is 34.7 Å². The van der Waals surface area contributed by atoms with Crippen molar-refractivity contribution in [2.24, 2.45) is 0 Å². The summed E-state index contributed by atoms with van der Waals surface area (Å²) >= 11 is 0. The number of carbonyl (C=O) groups is 2. The van der Waals surface area contributed by atoms with Gasteiger partial charge in [-0.25, -0.2) is 0 Å². The van der Waals surface area contributed by atoms with Crippen molar-refractivity contribution in [3.63, 3.8) is 0 Å². The average Bonchev–Trinajstić information content (AvgIpc) is 3.21. The highest BCUT2D eigenvalue weighted by Crippen LogP contribution is 2.23. The number of rotatable bonds is 7. The van der Waals surface area contributed by atoms with Crippen LogP contribution in [0.25, 0.3) is 11.0 Å². The number of nitro groups is 1. The van der Waals surface area contributed by atoms with Crippen LogP contribution >= 0.6 is 0 Å². The Kier molecular flexibility index (Phi) is 5.62. The van der Waals surface area contributed by atoms with Gasteiger partial charge in [0.05, 0.1) is 11.0 Å². The highest BCUT2D eigenvalue weighted by atomic mass is 16.6. The van der Waals surface area contributed by atoms with E-state index in [1.807, 2.05) is 30.3 Å². The molecule has 2 heterocycles. The number of hydrogen-bond acceptors (Lipinski definition) is 7. The molecule has 0 spiro atoms. The molecule has 3 rings (SSSR count). The predicted molar refractivity (Wildman–Crippen MR) is 102 cm³/mol. The van der Waals surface area contributed by atoms with Crippen molar-refractivity contribution >= 4 is 28.5 Å². The van der Waals surface area contributed by atoms with Crippen LogP contribution in [0.1, 0.15) is 30.1 Å².